The van der Waals surface area contributed by atoms with Crippen molar-refractivity contribution >= 4 is 11.6 Å². The van der Waals surface area contributed by atoms with E-state index in [1.807, 2.05) is 12.1 Å². The number of hydrogen-bond acceptors (Lipinski definition) is 2. The molecule has 104 valence electrons. The van der Waals surface area contributed by atoms with E-state index in [9.17, 15) is 0 Å². The van der Waals surface area contributed by atoms with Gasteiger partial charge in [-0.25, -0.2) is 0 Å². The molecule has 0 N–H and O–H groups in total. The summed E-state index contributed by atoms with van der Waals surface area (Å²) in [6, 6.07) is 4.52. The van der Waals surface area contributed by atoms with Crippen LogP contribution in [0.1, 0.15) is 49.3 Å². The Balaban J connectivity index is 1.98. The summed E-state index contributed by atoms with van der Waals surface area (Å²) in [5.41, 5.74) is 2.69. The number of hydrogen-bond donors (Lipinski definition) is 0. The standard InChI is InChI=1S/C16H22ClNO/c1-19-15-9-8-13(17)16-12(15)6-5-7-14(16)18-10-3-2-4-11-18/h8-9,14H,2-7,10-11H2,1H3. The molecule has 0 radical (unpaired) electrons. The zero-order valence-electron chi connectivity index (χ0n) is 11.6. The van der Waals surface area contributed by atoms with Gasteiger partial charge in [0, 0.05) is 16.6 Å². The number of piperidine rings is 1. The summed E-state index contributed by atoms with van der Waals surface area (Å²) < 4.78 is 5.53. The molecule has 3 rings (SSSR count). The van der Waals surface area contributed by atoms with Crippen LogP contribution in [0.5, 0.6) is 5.75 Å². The largest absolute Gasteiger partial charge is 0.496 e. The Kier molecular flexibility index (Phi) is 3.99. The number of likely N-dealkylation sites (tertiary alicyclic amines) is 1. The summed E-state index contributed by atoms with van der Waals surface area (Å²) in [4.78, 5) is 2.63. The molecular formula is C16H22ClNO. The third-order valence-corrected chi connectivity index (χ3v) is 4.88. The summed E-state index contributed by atoms with van der Waals surface area (Å²) in [7, 11) is 1.76. The highest BCUT2D eigenvalue weighted by Crippen LogP contribution is 2.43. The third-order valence-electron chi connectivity index (χ3n) is 4.55. The minimum atomic E-state index is 0.506. The van der Waals surface area contributed by atoms with E-state index in [4.69, 9.17) is 16.3 Å². The quantitative estimate of drug-likeness (QED) is 0.804. The first kappa shape index (κ1) is 13.3. The van der Waals surface area contributed by atoms with E-state index in [1.54, 1.807) is 7.11 Å². The van der Waals surface area contributed by atoms with Crippen LogP contribution in [0.25, 0.3) is 0 Å². The molecule has 3 heteroatoms. The molecule has 1 unspecified atom stereocenters. The van der Waals surface area contributed by atoms with Gasteiger partial charge in [-0.2, -0.15) is 0 Å². The zero-order chi connectivity index (χ0) is 13.2. The van der Waals surface area contributed by atoms with Crippen LogP contribution in [-0.4, -0.2) is 25.1 Å². The molecule has 1 saturated heterocycles. The van der Waals surface area contributed by atoms with E-state index < -0.39 is 0 Å². The van der Waals surface area contributed by atoms with Crippen molar-refractivity contribution in [3.63, 3.8) is 0 Å². The van der Waals surface area contributed by atoms with Crippen molar-refractivity contribution in [2.24, 2.45) is 0 Å². The van der Waals surface area contributed by atoms with Crippen molar-refractivity contribution in [3.8, 4) is 5.75 Å². The highest BCUT2D eigenvalue weighted by molar-refractivity contribution is 6.31. The Morgan fingerprint density at radius 3 is 2.68 bits per heavy atom. The molecular weight excluding hydrogens is 258 g/mol. The summed E-state index contributed by atoms with van der Waals surface area (Å²) in [6.45, 7) is 2.44. The summed E-state index contributed by atoms with van der Waals surface area (Å²) in [6.07, 6.45) is 7.61. The van der Waals surface area contributed by atoms with Crippen molar-refractivity contribution in [1.82, 2.24) is 4.90 Å². The summed E-state index contributed by atoms with van der Waals surface area (Å²) in [5, 5.41) is 0.922. The molecule has 1 fully saturated rings. The fraction of sp³-hybridized carbons (Fsp3) is 0.625. The fourth-order valence-electron chi connectivity index (χ4n) is 3.64. The van der Waals surface area contributed by atoms with Gasteiger partial charge in [-0.3, -0.25) is 4.90 Å². The SMILES string of the molecule is COc1ccc(Cl)c2c1CCCC2N1CCCCC1. The van der Waals surface area contributed by atoms with E-state index >= 15 is 0 Å². The highest BCUT2D eigenvalue weighted by atomic mass is 35.5. The first-order valence-electron chi connectivity index (χ1n) is 7.40. The maximum absolute atomic E-state index is 6.50. The lowest BCUT2D eigenvalue weighted by atomic mass is 9.85. The Morgan fingerprint density at radius 1 is 1.16 bits per heavy atom. The topological polar surface area (TPSA) is 12.5 Å². The molecule has 0 aromatic heterocycles. The average Bonchev–Trinajstić information content (AvgIpc) is 2.48. The van der Waals surface area contributed by atoms with E-state index in [-0.39, 0.29) is 0 Å². The molecule has 0 bridgehead atoms. The minimum absolute atomic E-state index is 0.506. The number of benzene rings is 1. The highest BCUT2D eigenvalue weighted by Gasteiger charge is 2.30. The Labute approximate surface area is 120 Å². The van der Waals surface area contributed by atoms with Crippen molar-refractivity contribution in [2.45, 2.75) is 44.6 Å². The fourth-order valence-corrected chi connectivity index (χ4v) is 3.94. The maximum Gasteiger partial charge on any atom is 0.122 e. The van der Waals surface area contributed by atoms with Crippen molar-refractivity contribution in [3.05, 3.63) is 28.3 Å². The second kappa shape index (κ2) is 5.72. The van der Waals surface area contributed by atoms with Gasteiger partial charge < -0.3 is 4.74 Å². The van der Waals surface area contributed by atoms with Crippen molar-refractivity contribution in [1.29, 1.82) is 0 Å². The second-order valence-corrected chi connectivity index (χ2v) is 6.05. The van der Waals surface area contributed by atoms with E-state index in [1.165, 1.54) is 56.3 Å². The summed E-state index contributed by atoms with van der Waals surface area (Å²) >= 11 is 6.50. The Hall–Kier alpha value is -0.730. The maximum atomic E-state index is 6.50. The van der Waals surface area contributed by atoms with Gasteiger partial charge in [0.1, 0.15) is 5.75 Å². The third kappa shape index (κ3) is 2.48. The zero-order valence-corrected chi connectivity index (χ0v) is 12.4. The lowest BCUT2D eigenvalue weighted by Gasteiger charge is -2.38. The molecule has 1 aliphatic carbocycles. The molecule has 1 atom stereocenters. The molecule has 1 aromatic carbocycles. The molecule has 0 spiro atoms. The number of fused-ring (bicyclic) bond motifs is 1. The van der Waals surface area contributed by atoms with Gasteiger partial charge in [-0.05, 0) is 62.9 Å². The lowest BCUT2D eigenvalue weighted by Crippen LogP contribution is -2.35. The molecule has 0 amide bonds. The van der Waals surface area contributed by atoms with Crippen LogP contribution in [0.2, 0.25) is 5.02 Å². The number of rotatable bonds is 2. The molecule has 19 heavy (non-hydrogen) atoms. The normalized spacial score (nSPS) is 24.0. The minimum Gasteiger partial charge on any atom is -0.496 e. The van der Waals surface area contributed by atoms with E-state index in [2.05, 4.69) is 4.90 Å². The predicted octanol–water partition coefficient (Wildman–Crippen LogP) is 4.21. The number of halogens is 1. The number of nitrogens with zero attached hydrogens (tertiary/aromatic N) is 1. The molecule has 2 aliphatic rings. The first-order valence-corrected chi connectivity index (χ1v) is 7.78. The van der Waals surface area contributed by atoms with Crippen LogP contribution in [-0.2, 0) is 6.42 Å². The van der Waals surface area contributed by atoms with Gasteiger partial charge in [0.05, 0.1) is 7.11 Å². The monoisotopic (exact) mass is 279 g/mol. The van der Waals surface area contributed by atoms with Crippen molar-refractivity contribution < 1.29 is 4.74 Å². The molecule has 2 nitrogen and oxygen atoms in total. The van der Waals surface area contributed by atoms with Gasteiger partial charge in [0.25, 0.3) is 0 Å². The predicted molar refractivity (Wildman–Crippen MR) is 79.1 cm³/mol. The van der Waals surface area contributed by atoms with Crippen molar-refractivity contribution in [2.75, 3.05) is 20.2 Å². The average molecular weight is 280 g/mol. The van der Waals surface area contributed by atoms with Gasteiger partial charge in [0.2, 0.25) is 0 Å². The van der Waals surface area contributed by atoms with Gasteiger partial charge in [-0.15, -0.1) is 0 Å². The van der Waals surface area contributed by atoms with Gasteiger partial charge in [-0.1, -0.05) is 18.0 Å². The van der Waals surface area contributed by atoms with Crippen LogP contribution >= 0.6 is 11.6 Å². The number of ether oxygens (including phenoxy) is 1. The van der Waals surface area contributed by atoms with Crippen LogP contribution in [0.3, 0.4) is 0 Å². The van der Waals surface area contributed by atoms with Crippen LogP contribution in [0, 0.1) is 0 Å². The summed E-state index contributed by atoms with van der Waals surface area (Å²) in [5.74, 6) is 1.01. The Bertz CT molecular complexity index is 454. The number of methoxy groups -OCH3 is 1. The van der Waals surface area contributed by atoms with E-state index in [0.29, 0.717) is 6.04 Å². The van der Waals surface area contributed by atoms with Crippen LogP contribution < -0.4 is 4.74 Å². The molecule has 1 heterocycles. The lowest BCUT2D eigenvalue weighted by molar-refractivity contribution is 0.148. The van der Waals surface area contributed by atoms with Gasteiger partial charge in [0.15, 0.2) is 0 Å². The molecule has 1 aliphatic heterocycles. The molecule has 0 saturated carbocycles. The molecule has 1 aromatic rings. The smallest absolute Gasteiger partial charge is 0.122 e. The van der Waals surface area contributed by atoms with Crippen LogP contribution in [0.15, 0.2) is 12.1 Å². The second-order valence-electron chi connectivity index (χ2n) is 5.65. The Morgan fingerprint density at radius 2 is 1.95 bits per heavy atom. The van der Waals surface area contributed by atoms with Gasteiger partial charge >= 0.3 is 0 Å². The first-order chi connectivity index (χ1) is 9.31. The van der Waals surface area contributed by atoms with Crippen LogP contribution in [0.4, 0.5) is 0 Å². The van der Waals surface area contributed by atoms with E-state index in [0.717, 1.165) is 17.2 Å².